The lowest BCUT2D eigenvalue weighted by atomic mass is 10.2. The molecular weight excluding hydrogens is 268 g/mol. The number of carbonyl (C=O) groups excluding carboxylic acids is 1. The van der Waals surface area contributed by atoms with Gasteiger partial charge in [0.1, 0.15) is 5.60 Å². The predicted molar refractivity (Wildman–Crippen MR) is 86.4 cm³/mol. The van der Waals surface area contributed by atoms with E-state index < -0.39 is 5.60 Å². The van der Waals surface area contributed by atoms with E-state index in [1.807, 2.05) is 41.5 Å². The molecule has 126 valence electrons. The van der Waals surface area contributed by atoms with Gasteiger partial charge in [0.2, 0.25) is 0 Å². The molecule has 0 aromatic rings. The van der Waals surface area contributed by atoms with Crippen molar-refractivity contribution in [1.82, 2.24) is 4.90 Å². The zero-order valence-electron chi connectivity index (χ0n) is 14.7. The van der Waals surface area contributed by atoms with Crippen LogP contribution in [0.15, 0.2) is 0 Å². The molecule has 5 nitrogen and oxygen atoms in total. The van der Waals surface area contributed by atoms with Crippen LogP contribution in [0.25, 0.3) is 0 Å². The molecule has 0 aliphatic heterocycles. The van der Waals surface area contributed by atoms with Crippen molar-refractivity contribution < 1.29 is 14.3 Å². The summed E-state index contributed by atoms with van der Waals surface area (Å²) < 4.78 is 11.1. The number of nitrogens with zero attached hydrogens (tertiary/aromatic N) is 1. The molecule has 0 aliphatic carbocycles. The van der Waals surface area contributed by atoms with Crippen molar-refractivity contribution in [2.45, 2.75) is 72.0 Å². The average molecular weight is 302 g/mol. The standard InChI is InChI=1S/C16H34N2O3/c1-15(2,3)20-13-9-12-18(11-8-7-10-17)14(19)21-16(4,5)6/h7-13,17H2,1-6H3. The summed E-state index contributed by atoms with van der Waals surface area (Å²) in [6.07, 6.45) is 2.36. The van der Waals surface area contributed by atoms with Gasteiger partial charge in [0.15, 0.2) is 0 Å². The van der Waals surface area contributed by atoms with Gasteiger partial charge in [-0.15, -0.1) is 0 Å². The van der Waals surface area contributed by atoms with E-state index >= 15 is 0 Å². The smallest absolute Gasteiger partial charge is 0.410 e. The summed E-state index contributed by atoms with van der Waals surface area (Å²) in [5.74, 6) is 0. The van der Waals surface area contributed by atoms with E-state index in [-0.39, 0.29) is 11.7 Å². The molecular formula is C16H34N2O3. The Morgan fingerprint density at radius 2 is 1.52 bits per heavy atom. The third-order valence-corrected chi connectivity index (χ3v) is 2.64. The molecule has 0 heterocycles. The number of carbonyl (C=O) groups is 1. The molecule has 0 rings (SSSR count). The van der Waals surface area contributed by atoms with Gasteiger partial charge in [-0.1, -0.05) is 0 Å². The van der Waals surface area contributed by atoms with Gasteiger partial charge in [-0.05, 0) is 67.3 Å². The molecule has 0 unspecified atom stereocenters. The highest BCUT2D eigenvalue weighted by molar-refractivity contribution is 5.68. The number of nitrogens with two attached hydrogens (primary N) is 1. The van der Waals surface area contributed by atoms with Crippen LogP contribution in [0.1, 0.15) is 60.8 Å². The van der Waals surface area contributed by atoms with Crippen molar-refractivity contribution in [2.24, 2.45) is 5.73 Å². The van der Waals surface area contributed by atoms with Crippen molar-refractivity contribution in [3.63, 3.8) is 0 Å². The quantitative estimate of drug-likeness (QED) is 0.699. The minimum absolute atomic E-state index is 0.143. The van der Waals surface area contributed by atoms with E-state index in [0.717, 1.165) is 19.3 Å². The van der Waals surface area contributed by atoms with Gasteiger partial charge in [0.05, 0.1) is 5.60 Å². The number of rotatable bonds is 8. The Morgan fingerprint density at radius 1 is 0.952 bits per heavy atom. The highest BCUT2D eigenvalue weighted by Crippen LogP contribution is 2.12. The fourth-order valence-corrected chi connectivity index (χ4v) is 1.70. The lowest BCUT2D eigenvalue weighted by Crippen LogP contribution is -2.38. The number of hydrogen-bond acceptors (Lipinski definition) is 4. The zero-order chi connectivity index (χ0) is 16.5. The Bertz CT molecular complexity index is 293. The average Bonchev–Trinajstić information content (AvgIpc) is 2.28. The molecule has 0 saturated carbocycles. The van der Waals surface area contributed by atoms with Crippen LogP contribution in [0.3, 0.4) is 0 Å². The van der Waals surface area contributed by atoms with Crippen LogP contribution < -0.4 is 5.73 Å². The maximum atomic E-state index is 12.2. The summed E-state index contributed by atoms with van der Waals surface area (Å²) >= 11 is 0. The predicted octanol–water partition coefficient (Wildman–Crippen LogP) is 3.17. The van der Waals surface area contributed by atoms with Gasteiger partial charge in [0, 0.05) is 19.7 Å². The van der Waals surface area contributed by atoms with E-state index in [1.54, 1.807) is 4.90 Å². The highest BCUT2D eigenvalue weighted by Gasteiger charge is 2.21. The summed E-state index contributed by atoms with van der Waals surface area (Å²) in [6, 6.07) is 0. The first-order chi connectivity index (χ1) is 9.55. The SMILES string of the molecule is CC(C)(C)OCCCN(CCCCN)C(=O)OC(C)(C)C. The number of ether oxygens (including phenoxy) is 2. The van der Waals surface area contributed by atoms with E-state index in [2.05, 4.69) is 0 Å². The van der Waals surface area contributed by atoms with Crippen LogP contribution in [0.5, 0.6) is 0 Å². The largest absolute Gasteiger partial charge is 0.444 e. The maximum absolute atomic E-state index is 12.2. The van der Waals surface area contributed by atoms with E-state index in [9.17, 15) is 4.79 Å². The van der Waals surface area contributed by atoms with Crippen LogP contribution in [0.4, 0.5) is 4.79 Å². The van der Waals surface area contributed by atoms with Crippen LogP contribution in [0, 0.1) is 0 Å². The first-order valence-corrected chi connectivity index (χ1v) is 7.87. The van der Waals surface area contributed by atoms with Crippen molar-refractivity contribution >= 4 is 6.09 Å². The summed E-state index contributed by atoms with van der Waals surface area (Å²) in [6.45, 7) is 14.3. The summed E-state index contributed by atoms with van der Waals surface area (Å²) in [7, 11) is 0. The number of unbranched alkanes of at least 4 members (excludes halogenated alkanes) is 1. The van der Waals surface area contributed by atoms with Gasteiger partial charge in [-0.25, -0.2) is 4.79 Å². The zero-order valence-corrected chi connectivity index (χ0v) is 14.7. The third-order valence-electron chi connectivity index (χ3n) is 2.64. The molecule has 0 spiro atoms. The molecule has 0 aromatic heterocycles. The topological polar surface area (TPSA) is 64.8 Å². The van der Waals surface area contributed by atoms with Crippen molar-refractivity contribution in [3.8, 4) is 0 Å². The second kappa shape index (κ2) is 9.26. The molecule has 21 heavy (non-hydrogen) atoms. The van der Waals surface area contributed by atoms with E-state index in [1.165, 1.54) is 0 Å². The molecule has 0 aliphatic rings. The van der Waals surface area contributed by atoms with E-state index in [0.29, 0.717) is 26.2 Å². The number of hydrogen-bond donors (Lipinski definition) is 1. The summed E-state index contributed by atoms with van der Waals surface area (Å²) in [5.41, 5.74) is 4.90. The summed E-state index contributed by atoms with van der Waals surface area (Å²) in [5, 5.41) is 0. The molecule has 0 aromatic carbocycles. The van der Waals surface area contributed by atoms with Crippen LogP contribution in [-0.4, -0.2) is 48.4 Å². The first-order valence-electron chi connectivity index (χ1n) is 7.87. The van der Waals surface area contributed by atoms with Crippen molar-refractivity contribution in [2.75, 3.05) is 26.2 Å². The third kappa shape index (κ3) is 12.6. The molecule has 5 heteroatoms. The Balaban J connectivity index is 4.28. The van der Waals surface area contributed by atoms with Crippen molar-refractivity contribution in [3.05, 3.63) is 0 Å². The number of amides is 1. The molecule has 0 bridgehead atoms. The van der Waals surface area contributed by atoms with Gasteiger partial charge in [0.25, 0.3) is 0 Å². The Hall–Kier alpha value is -0.810. The molecule has 2 N–H and O–H groups in total. The van der Waals surface area contributed by atoms with Crippen LogP contribution >= 0.6 is 0 Å². The highest BCUT2D eigenvalue weighted by atomic mass is 16.6. The van der Waals surface area contributed by atoms with Crippen LogP contribution in [0.2, 0.25) is 0 Å². The molecule has 0 fully saturated rings. The van der Waals surface area contributed by atoms with Gasteiger partial charge >= 0.3 is 6.09 Å². The molecule has 1 amide bonds. The van der Waals surface area contributed by atoms with Crippen molar-refractivity contribution in [1.29, 1.82) is 0 Å². The van der Waals surface area contributed by atoms with E-state index in [4.69, 9.17) is 15.2 Å². The minimum atomic E-state index is -0.467. The van der Waals surface area contributed by atoms with Gasteiger partial charge in [-0.3, -0.25) is 0 Å². The summed E-state index contributed by atoms with van der Waals surface area (Å²) in [4.78, 5) is 13.9. The fraction of sp³-hybridized carbons (Fsp3) is 0.938. The molecule has 0 atom stereocenters. The Labute approximate surface area is 130 Å². The Morgan fingerprint density at radius 3 is 2.00 bits per heavy atom. The second-order valence-electron chi connectivity index (χ2n) is 7.28. The monoisotopic (exact) mass is 302 g/mol. The second-order valence-corrected chi connectivity index (χ2v) is 7.28. The lowest BCUT2D eigenvalue weighted by molar-refractivity contribution is -0.00972. The normalized spacial score (nSPS) is 12.3. The molecule has 0 radical (unpaired) electrons. The fourth-order valence-electron chi connectivity index (χ4n) is 1.70. The minimum Gasteiger partial charge on any atom is -0.444 e. The first kappa shape index (κ1) is 20.2. The van der Waals surface area contributed by atoms with Gasteiger partial charge < -0.3 is 20.1 Å². The molecule has 0 saturated heterocycles. The van der Waals surface area contributed by atoms with Gasteiger partial charge in [-0.2, -0.15) is 0 Å². The Kier molecular flexibility index (Phi) is 8.90. The maximum Gasteiger partial charge on any atom is 0.410 e. The lowest BCUT2D eigenvalue weighted by Gasteiger charge is -2.28. The van der Waals surface area contributed by atoms with Crippen LogP contribution in [-0.2, 0) is 9.47 Å².